The lowest BCUT2D eigenvalue weighted by Crippen LogP contribution is -2.22. The van der Waals surface area contributed by atoms with Crippen LogP contribution in [0.4, 0.5) is 0 Å². The molecule has 3 rings (SSSR count). The molecule has 0 bridgehead atoms. The molecule has 3 aromatic rings. The largest absolute Gasteiger partial charge is 0.361 e. The number of hydrogen-bond donors (Lipinski definition) is 1. The molecule has 0 saturated heterocycles. The minimum atomic E-state index is -0.401. The third-order valence-corrected chi connectivity index (χ3v) is 4.15. The van der Waals surface area contributed by atoms with E-state index in [0.29, 0.717) is 11.3 Å². The first-order chi connectivity index (χ1) is 11.0. The Morgan fingerprint density at radius 1 is 1.35 bits per heavy atom. The van der Waals surface area contributed by atoms with Crippen LogP contribution < -0.4 is 5.56 Å². The molecule has 0 atom stereocenters. The topological polar surface area (TPSA) is 73.9 Å². The van der Waals surface area contributed by atoms with Crippen LogP contribution in [-0.2, 0) is 0 Å². The fourth-order valence-electron chi connectivity index (χ4n) is 2.50. The standard InChI is InChI=1S/C17H13BrN4O/c1-10-5-11(2)22(17(23)15(10)7-19)21-9-12-8-20-16-4-3-13(18)6-14(12)16/h3-6,8-9,20H,1-2H3/b21-9+. The Morgan fingerprint density at radius 3 is 2.87 bits per heavy atom. The first-order valence-corrected chi connectivity index (χ1v) is 7.75. The maximum Gasteiger partial charge on any atom is 0.289 e. The van der Waals surface area contributed by atoms with Gasteiger partial charge in [-0.1, -0.05) is 15.9 Å². The van der Waals surface area contributed by atoms with Gasteiger partial charge in [0.25, 0.3) is 5.56 Å². The Morgan fingerprint density at radius 2 is 2.13 bits per heavy atom. The molecular weight excluding hydrogens is 356 g/mol. The fraction of sp³-hybridized carbons (Fsp3) is 0.118. The van der Waals surface area contributed by atoms with Gasteiger partial charge in [-0.15, -0.1) is 0 Å². The number of nitrogens with zero attached hydrogens (tertiary/aromatic N) is 3. The van der Waals surface area contributed by atoms with E-state index in [1.165, 1.54) is 4.68 Å². The second kappa shape index (κ2) is 5.86. The van der Waals surface area contributed by atoms with Gasteiger partial charge < -0.3 is 4.98 Å². The molecule has 2 aromatic heterocycles. The van der Waals surface area contributed by atoms with E-state index >= 15 is 0 Å². The number of halogens is 1. The van der Waals surface area contributed by atoms with E-state index < -0.39 is 5.56 Å². The van der Waals surface area contributed by atoms with Crippen molar-refractivity contribution < 1.29 is 0 Å². The number of H-pyrrole nitrogens is 1. The molecule has 6 heteroatoms. The molecule has 114 valence electrons. The summed E-state index contributed by atoms with van der Waals surface area (Å²) < 4.78 is 2.22. The second-order valence-electron chi connectivity index (χ2n) is 5.25. The van der Waals surface area contributed by atoms with Gasteiger partial charge in [0.1, 0.15) is 11.6 Å². The number of aromatic nitrogens is 2. The average molecular weight is 369 g/mol. The monoisotopic (exact) mass is 368 g/mol. The van der Waals surface area contributed by atoms with Crippen molar-refractivity contribution in [2.24, 2.45) is 5.10 Å². The number of benzene rings is 1. The third kappa shape index (κ3) is 2.71. The van der Waals surface area contributed by atoms with Gasteiger partial charge in [-0.3, -0.25) is 4.79 Å². The molecule has 23 heavy (non-hydrogen) atoms. The number of fused-ring (bicyclic) bond motifs is 1. The molecular formula is C17H13BrN4O. The molecule has 0 unspecified atom stereocenters. The third-order valence-electron chi connectivity index (χ3n) is 3.66. The molecule has 0 aliphatic heterocycles. The maximum atomic E-state index is 12.3. The first kappa shape index (κ1) is 15.3. The van der Waals surface area contributed by atoms with Gasteiger partial charge in [0.05, 0.1) is 6.21 Å². The number of aromatic amines is 1. The zero-order valence-electron chi connectivity index (χ0n) is 12.6. The Labute approximate surface area is 141 Å². The van der Waals surface area contributed by atoms with Crippen LogP contribution in [0.5, 0.6) is 0 Å². The summed E-state index contributed by atoms with van der Waals surface area (Å²) in [6.07, 6.45) is 3.45. The van der Waals surface area contributed by atoms with Crippen molar-refractivity contribution in [1.29, 1.82) is 5.26 Å². The highest BCUT2D eigenvalue weighted by molar-refractivity contribution is 9.10. The first-order valence-electron chi connectivity index (χ1n) is 6.95. The highest BCUT2D eigenvalue weighted by Crippen LogP contribution is 2.21. The average Bonchev–Trinajstić information content (AvgIpc) is 2.89. The molecule has 0 aliphatic carbocycles. The van der Waals surface area contributed by atoms with Crippen molar-refractivity contribution in [2.45, 2.75) is 13.8 Å². The summed E-state index contributed by atoms with van der Waals surface area (Å²) in [4.78, 5) is 15.5. The molecule has 2 heterocycles. The lowest BCUT2D eigenvalue weighted by molar-refractivity contribution is 0.787. The summed E-state index contributed by atoms with van der Waals surface area (Å²) in [5, 5.41) is 14.4. The highest BCUT2D eigenvalue weighted by Gasteiger charge is 2.09. The van der Waals surface area contributed by atoms with E-state index in [-0.39, 0.29) is 5.56 Å². The van der Waals surface area contributed by atoms with Crippen LogP contribution in [0.25, 0.3) is 10.9 Å². The zero-order valence-corrected chi connectivity index (χ0v) is 14.2. The normalized spacial score (nSPS) is 11.2. The van der Waals surface area contributed by atoms with Crippen LogP contribution >= 0.6 is 15.9 Å². The maximum absolute atomic E-state index is 12.3. The predicted octanol–water partition coefficient (Wildman–Crippen LogP) is 3.46. The molecule has 0 saturated carbocycles. The van der Waals surface area contributed by atoms with Crippen molar-refractivity contribution in [3.8, 4) is 6.07 Å². The number of pyridine rings is 1. The SMILES string of the molecule is Cc1cc(C)n(/N=C/c2c[nH]c3ccc(Br)cc23)c(=O)c1C#N. The highest BCUT2D eigenvalue weighted by atomic mass is 79.9. The van der Waals surface area contributed by atoms with Crippen LogP contribution in [0.3, 0.4) is 0 Å². The molecule has 0 spiro atoms. The van der Waals surface area contributed by atoms with Crippen LogP contribution in [-0.4, -0.2) is 15.9 Å². The summed E-state index contributed by atoms with van der Waals surface area (Å²) >= 11 is 3.45. The van der Waals surface area contributed by atoms with Crippen molar-refractivity contribution >= 4 is 33.0 Å². The predicted molar refractivity (Wildman–Crippen MR) is 93.9 cm³/mol. The van der Waals surface area contributed by atoms with Crippen molar-refractivity contribution in [3.05, 3.63) is 67.7 Å². The Hall–Kier alpha value is -2.65. The number of hydrogen-bond acceptors (Lipinski definition) is 3. The van der Waals surface area contributed by atoms with Gasteiger partial charge in [-0.2, -0.15) is 10.4 Å². The summed E-state index contributed by atoms with van der Waals surface area (Å²) in [6.45, 7) is 3.54. The van der Waals surface area contributed by atoms with E-state index in [2.05, 4.69) is 26.0 Å². The van der Waals surface area contributed by atoms with Gasteiger partial charge in [0, 0.05) is 32.8 Å². The number of rotatable bonds is 2. The molecule has 0 fully saturated rings. The van der Waals surface area contributed by atoms with Crippen molar-refractivity contribution in [2.75, 3.05) is 0 Å². The minimum Gasteiger partial charge on any atom is -0.361 e. The van der Waals surface area contributed by atoms with Gasteiger partial charge in [-0.05, 0) is 43.7 Å². The van der Waals surface area contributed by atoms with E-state index in [0.717, 1.165) is 20.9 Å². The van der Waals surface area contributed by atoms with Gasteiger partial charge in [-0.25, -0.2) is 4.68 Å². The number of nitriles is 1. The zero-order chi connectivity index (χ0) is 16.6. The molecule has 5 nitrogen and oxygen atoms in total. The van der Waals surface area contributed by atoms with Crippen LogP contribution in [0.15, 0.2) is 44.8 Å². The van der Waals surface area contributed by atoms with Gasteiger partial charge >= 0.3 is 0 Å². The van der Waals surface area contributed by atoms with E-state index in [4.69, 9.17) is 5.26 Å². The minimum absolute atomic E-state index is 0.120. The van der Waals surface area contributed by atoms with Crippen LogP contribution in [0.2, 0.25) is 0 Å². The summed E-state index contributed by atoms with van der Waals surface area (Å²) in [6, 6.07) is 9.63. The lowest BCUT2D eigenvalue weighted by Gasteiger charge is -2.06. The number of aryl methyl sites for hydroxylation is 2. The summed E-state index contributed by atoms with van der Waals surface area (Å²) in [5.41, 5.74) is 2.92. The summed E-state index contributed by atoms with van der Waals surface area (Å²) in [5.74, 6) is 0. The van der Waals surface area contributed by atoms with E-state index in [1.54, 1.807) is 26.1 Å². The number of nitrogens with one attached hydrogen (secondary N) is 1. The Bertz CT molecular complexity index is 1040. The Balaban J connectivity index is 2.11. The fourth-order valence-corrected chi connectivity index (χ4v) is 2.86. The summed E-state index contributed by atoms with van der Waals surface area (Å²) in [7, 11) is 0. The molecule has 0 radical (unpaired) electrons. The quantitative estimate of drug-likeness (QED) is 0.703. The van der Waals surface area contributed by atoms with Gasteiger partial charge in [0.2, 0.25) is 0 Å². The molecule has 1 aromatic carbocycles. The second-order valence-corrected chi connectivity index (χ2v) is 6.17. The Kier molecular flexibility index (Phi) is 3.89. The van der Waals surface area contributed by atoms with E-state index in [1.807, 2.05) is 30.5 Å². The molecule has 1 N–H and O–H groups in total. The van der Waals surface area contributed by atoms with Crippen LogP contribution in [0, 0.1) is 25.2 Å². The van der Waals surface area contributed by atoms with Crippen molar-refractivity contribution in [3.63, 3.8) is 0 Å². The lowest BCUT2D eigenvalue weighted by atomic mass is 10.1. The molecule has 0 amide bonds. The van der Waals surface area contributed by atoms with Crippen molar-refractivity contribution in [1.82, 2.24) is 9.66 Å². The van der Waals surface area contributed by atoms with E-state index in [9.17, 15) is 4.79 Å². The van der Waals surface area contributed by atoms with Crippen LogP contribution in [0.1, 0.15) is 22.4 Å². The smallest absolute Gasteiger partial charge is 0.289 e. The molecule has 0 aliphatic rings. The van der Waals surface area contributed by atoms with Gasteiger partial charge in [0.15, 0.2) is 0 Å².